The van der Waals surface area contributed by atoms with Crippen molar-refractivity contribution in [2.45, 2.75) is 40.3 Å². The van der Waals surface area contributed by atoms with Crippen molar-refractivity contribution in [3.05, 3.63) is 80.8 Å². The van der Waals surface area contributed by atoms with E-state index in [1.807, 2.05) is 53.1 Å². The molecule has 12 heteroatoms. The van der Waals surface area contributed by atoms with E-state index in [-0.39, 0.29) is 16.6 Å². The van der Waals surface area contributed by atoms with Crippen LogP contribution in [0.2, 0.25) is 0 Å². The quantitative estimate of drug-likeness (QED) is 0.309. The van der Waals surface area contributed by atoms with Crippen LogP contribution in [0.3, 0.4) is 0 Å². The van der Waals surface area contributed by atoms with Gasteiger partial charge in [-0.25, -0.2) is 19.4 Å². The van der Waals surface area contributed by atoms with Gasteiger partial charge >= 0.3 is 11.7 Å². The molecule has 0 bridgehead atoms. The molecular weight excluding hydrogens is 512 g/mol. The van der Waals surface area contributed by atoms with E-state index in [0.717, 1.165) is 26.8 Å². The lowest BCUT2D eigenvalue weighted by molar-refractivity contribution is -0.141. The Bertz CT molecular complexity index is 1810. The number of H-pyrrole nitrogens is 1. The molecule has 0 aliphatic heterocycles. The summed E-state index contributed by atoms with van der Waals surface area (Å²) in [4.78, 5) is 43.3. The molecule has 0 spiro atoms. The summed E-state index contributed by atoms with van der Waals surface area (Å²) in [6, 6.07) is 15.8. The van der Waals surface area contributed by atoms with Gasteiger partial charge in [-0.05, 0) is 32.5 Å². The Kier molecular flexibility index (Phi) is 6.92. The predicted octanol–water partition coefficient (Wildman–Crippen LogP) is 2.55. The van der Waals surface area contributed by atoms with Crippen LogP contribution in [0.15, 0.2) is 58.1 Å². The van der Waals surface area contributed by atoms with Crippen LogP contribution in [-0.2, 0) is 36.1 Å². The fourth-order valence-corrected chi connectivity index (χ4v) is 4.72. The van der Waals surface area contributed by atoms with Gasteiger partial charge < -0.3 is 9.30 Å². The molecule has 3 heterocycles. The molecule has 0 saturated carbocycles. The van der Waals surface area contributed by atoms with Crippen LogP contribution in [0.4, 0.5) is 0 Å². The summed E-state index contributed by atoms with van der Waals surface area (Å²) < 4.78 is 8.76. The molecule has 5 aromatic rings. The molecule has 12 nitrogen and oxygen atoms in total. The zero-order valence-corrected chi connectivity index (χ0v) is 23.0. The number of imidazole rings is 1. The fraction of sp³-hybridized carbons (Fsp3) is 0.321. The molecule has 1 N–H and O–H groups in total. The largest absolute Gasteiger partial charge is 0.468 e. The molecule has 40 heavy (non-hydrogen) atoms. The van der Waals surface area contributed by atoms with Gasteiger partial charge in [0, 0.05) is 25.6 Å². The van der Waals surface area contributed by atoms with Crippen molar-refractivity contribution in [3.8, 4) is 22.5 Å². The van der Waals surface area contributed by atoms with E-state index in [1.54, 1.807) is 7.05 Å². The summed E-state index contributed by atoms with van der Waals surface area (Å²) in [6.07, 6.45) is 0.572. The van der Waals surface area contributed by atoms with Crippen molar-refractivity contribution in [1.82, 2.24) is 39.3 Å². The summed E-state index contributed by atoms with van der Waals surface area (Å²) in [5.74, 6) is 0.569. The van der Waals surface area contributed by atoms with Crippen LogP contribution in [0, 0.1) is 5.41 Å². The van der Waals surface area contributed by atoms with Gasteiger partial charge in [-0.1, -0.05) is 69.3 Å². The first kappa shape index (κ1) is 26.7. The van der Waals surface area contributed by atoms with Crippen LogP contribution >= 0.6 is 0 Å². The normalized spacial score (nSPS) is 11.7. The number of aryl methyl sites for hydroxylation is 1. The van der Waals surface area contributed by atoms with Gasteiger partial charge in [0.1, 0.15) is 12.4 Å². The zero-order valence-electron chi connectivity index (χ0n) is 23.0. The minimum atomic E-state index is -0.684. The van der Waals surface area contributed by atoms with Crippen molar-refractivity contribution in [2.24, 2.45) is 12.5 Å². The van der Waals surface area contributed by atoms with Gasteiger partial charge in [0.15, 0.2) is 17.0 Å². The van der Waals surface area contributed by atoms with E-state index < -0.39 is 23.8 Å². The first-order valence-corrected chi connectivity index (χ1v) is 12.8. The first-order chi connectivity index (χ1) is 19.1. The van der Waals surface area contributed by atoms with Crippen LogP contribution in [0.1, 0.15) is 32.2 Å². The zero-order chi connectivity index (χ0) is 28.6. The van der Waals surface area contributed by atoms with Crippen molar-refractivity contribution < 1.29 is 9.53 Å². The maximum atomic E-state index is 13.6. The highest BCUT2D eigenvalue weighted by Crippen LogP contribution is 2.30. The number of nitrogens with one attached hydrogen (secondary N) is 1. The average molecular weight is 543 g/mol. The minimum absolute atomic E-state index is 0.133. The first-order valence-electron chi connectivity index (χ1n) is 12.8. The maximum absolute atomic E-state index is 13.6. The number of aromatic nitrogens is 8. The fourth-order valence-electron chi connectivity index (χ4n) is 4.72. The molecule has 0 fully saturated rings. The summed E-state index contributed by atoms with van der Waals surface area (Å²) in [7, 11) is 2.76. The smallest absolute Gasteiger partial charge is 0.333 e. The third kappa shape index (κ3) is 5.07. The maximum Gasteiger partial charge on any atom is 0.333 e. The highest BCUT2D eigenvalue weighted by atomic mass is 16.5. The number of hydrogen-bond donors (Lipinski definition) is 1. The number of methoxy groups -OCH3 is 1. The second-order valence-corrected chi connectivity index (χ2v) is 10.8. The number of tetrazole rings is 1. The van der Waals surface area contributed by atoms with Gasteiger partial charge in [-0.3, -0.25) is 14.2 Å². The molecule has 0 amide bonds. The number of carbonyl (C=O) groups excluding carboxylic acids is 1. The van der Waals surface area contributed by atoms with Crippen LogP contribution in [0.5, 0.6) is 0 Å². The van der Waals surface area contributed by atoms with Crippen LogP contribution in [0.25, 0.3) is 33.7 Å². The van der Waals surface area contributed by atoms with Gasteiger partial charge in [-0.2, -0.15) is 0 Å². The predicted molar refractivity (Wildman–Crippen MR) is 149 cm³/mol. The third-order valence-corrected chi connectivity index (χ3v) is 6.65. The van der Waals surface area contributed by atoms with Crippen LogP contribution < -0.4 is 11.2 Å². The number of rotatable bonds is 7. The molecule has 0 radical (unpaired) electrons. The van der Waals surface area contributed by atoms with Gasteiger partial charge in [0.2, 0.25) is 0 Å². The van der Waals surface area contributed by atoms with E-state index in [9.17, 15) is 14.4 Å². The molecule has 0 saturated heterocycles. The Balaban J connectivity index is 1.60. The number of aromatic amines is 1. The minimum Gasteiger partial charge on any atom is -0.468 e. The summed E-state index contributed by atoms with van der Waals surface area (Å²) in [5.41, 5.74) is 2.96. The molecule has 206 valence electrons. The lowest BCUT2D eigenvalue weighted by Gasteiger charge is -2.19. The number of hydrogen-bond acceptors (Lipinski definition) is 8. The Hall–Kier alpha value is -4.87. The number of ether oxygens (including phenoxy) is 1. The van der Waals surface area contributed by atoms with E-state index in [1.165, 1.54) is 11.7 Å². The van der Waals surface area contributed by atoms with Crippen molar-refractivity contribution in [1.29, 1.82) is 0 Å². The summed E-state index contributed by atoms with van der Waals surface area (Å²) in [6.45, 7) is 6.12. The Labute approximate surface area is 229 Å². The van der Waals surface area contributed by atoms with E-state index >= 15 is 0 Å². The molecule has 0 aliphatic rings. The molecule has 0 atom stereocenters. The average Bonchev–Trinajstić information content (AvgIpc) is 3.58. The topological polar surface area (TPSA) is 143 Å². The third-order valence-electron chi connectivity index (χ3n) is 6.65. The number of fused-ring (bicyclic) bond motifs is 1. The molecule has 5 rings (SSSR count). The number of carbonyl (C=O) groups is 1. The van der Waals surface area contributed by atoms with Gasteiger partial charge in [-0.15, -0.1) is 5.10 Å². The van der Waals surface area contributed by atoms with Gasteiger partial charge in [0.05, 0.1) is 7.11 Å². The number of esters is 1. The Morgan fingerprint density at radius 2 is 1.70 bits per heavy atom. The lowest BCUT2D eigenvalue weighted by atomic mass is 9.92. The lowest BCUT2D eigenvalue weighted by Crippen LogP contribution is -2.41. The molecular formula is C28H30N8O4. The van der Waals surface area contributed by atoms with Crippen molar-refractivity contribution >= 4 is 17.1 Å². The number of nitrogens with zero attached hydrogens (tertiary/aromatic N) is 7. The monoisotopic (exact) mass is 542 g/mol. The van der Waals surface area contributed by atoms with E-state index in [0.29, 0.717) is 24.6 Å². The van der Waals surface area contributed by atoms with Crippen molar-refractivity contribution in [3.63, 3.8) is 0 Å². The highest BCUT2D eigenvalue weighted by Gasteiger charge is 2.24. The summed E-state index contributed by atoms with van der Waals surface area (Å²) >= 11 is 0. The molecule has 0 aliphatic carbocycles. The second kappa shape index (κ2) is 10.4. The van der Waals surface area contributed by atoms with E-state index in [4.69, 9.17) is 9.72 Å². The standard InChI is InChI=1S/C28H30N8O4/c1-28(2,3)14-21-29-25-23(26(38)36(16-22(37)40-5)27(39)34(25)4)35(21)15-17-10-12-18(13-11-17)19-8-6-7-9-20(19)24-30-32-33-31-24/h6-13H,14-16H2,1-5H3,(H,30,31,32,33). The Morgan fingerprint density at radius 3 is 2.33 bits per heavy atom. The van der Waals surface area contributed by atoms with Crippen LogP contribution in [-0.4, -0.2) is 52.4 Å². The number of benzene rings is 2. The van der Waals surface area contributed by atoms with E-state index in [2.05, 4.69) is 41.4 Å². The molecule has 3 aromatic heterocycles. The summed E-state index contributed by atoms with van der Waals surface area (Å²) in [5, 5.41) is 14.2. The Morgan fingerprint density at radius 1 is 1.00 bits per heavy atom. The van der Waals surface area contributed by atoms with Gasteiger partial charge in [0.25, 0.3) is 5.56 Å². The molecule has 0 unspecified atom stereocenters. The van der Waals surface area contributed by atoms with Crippen molar-refractivity contribution in [2.75, 3.05) is 7.11 Å². The second-order valence-electron chi connectivity index (χ2n) is 10.8. The SMILES string of the molecule is COC(=O)Cn1c(=O)c2c(nc(CC(C)(C)C)n2Cc2ccc(-c3ccccc3-c3nnn[nH]3)cc2)n(C)c1=O. The molecule has 2 aromatic carbocycles. The highest BCUT2D eigenvalue weighted by molar-refractivity contribution is 5.80.